The van der Waals surface area contributed by atoms with Crippen LogP contribution in [0, 0.1) is 5.92 Å². The molecule has 1 N–H and O–H groups in total. The van der Waals surface area contributed by atoms with E-state index in [0.717, 1.165) is 49.1 Å². The molecule has 0 radical (unpaired) electrons. The molecule has 1 atom stereocenters. The van der Waals surface area contributed by atoms with Crippen molar-refractivity contribution in [3.8, 4) is 0 Å². The van der Waals surface area contributed by atoms with E-state index in [2.05, 4.69) is 15.2 Å². The molecule has 0 saturated carbocycles. The van der Waals surface area contributed by atoms with Crippen molar-refractivity contribution in [2.24, 2.45) is 5.92 Å². The van der Waals surface area contributed by atoms with Gasteiger partial charge in [-0.2, -0.15) is 0 Å². The molecule has 102 valence electrons. The highest BCUT2D eigenvalue weighted by Gasteiger charge is 2.20. The second kappa shape index (κ2) is 5.72. The van der Waals surface area contributed by atoms with Crippen LogP contribution in [0.15, 0.2) is 28.7 Å². The summed E-state index contributed by atoms with van der Waals surface area (Å²) in [5.74, 6) is 1.59. The summed E-state index contributed by atoms with van der Waals surface area (Å²) < 4.78 is 5.80. The first-order chi connectivity index (χ1) is 9.35. The first-order valence-electron chi connectivity index (χ1n) is 7.06. The minimum absolute atomic E-state index is 0.753. The molecule has 0 spiro atoms. The molecule has 0 aliphatic carbocycles. The zero-order valence-corrected chi connectivity index (χ0v) is 11.4. The molecule has 2 aromatic rings. The summed E-state index contributed by atoms with van der Waals surface area (Å²) in [4.78, 5) is 7.01. The summed E-state index contributed by atoms with van der Waals surface area (Å²) >= 11 is 0. The van der Waals surface area contributed by atoms with Gasteiger partial charge in [0.15, 0.2) is 5.58 Å². The van der Waals surface area contributed by atoms with Crippen molar-refractivity contribution >= 4 is 11.1 Å². The number of hydrogen-bond acceptors (Lipinski definition) is 4. The molecule has 1 aliphatic heterocycles. The number of para-hydroxylation sites is 2. The van der Waals surface area contributed by atoms with Gasteiger partial charge in [0.05, 0.1) is 6.54 Å². The van der Waals surface area contributed by atoms with Crippen molar-refractivity contribution < 1.29 is 4.42 Å². The molecule has 1 aliphatic rings. The van der Waals surface area contributed by atoms with Crippen LogP contribution in [0.1, 0.15) is 18.7 Å². The Kier molecular flexibility index (Phi) is 3.80. The molecule has 0 bridgehead atoms. The lowest BCUT2D eigenvalue weighted by Gasteiger charge is -2.31. The number of nitrogens with zero attached hydrogens (tertiary/aromatic N) is 2. The number of oxazole rings is 1. The third kappa shape index (κ3) is 2.96. The molecule has 1 unspecified atom stereocenters. The normalized spacial score (nSPS) is 21.0. The molecule has 1 fully saturated rings. The molecule has 1 aromatic carbocycles. The predicted molar refractivity (Wildman–Crippen MR) is 75.9 cm³/mol. The van der Waals surface area contributed by atoms with Crippen molar-refractivity contribution in [2.45, 2.75) is 19.4 Å². The standard InChI is InChI=1S/C15H21N3O/c1-16-9-12-5-4-8-18(10-12)11-15-17-13-6-2-3-7-14(13)19-15/h2-3,6-7,12,16H,4-5,8-11H2,1H3. The first kappa shape index (κ1) is 12.6. The van der Waals surface area contributed by atoms with Crippen LogP contribution in [0.3, 0.4) is 0 Å². The summed E-state index contributed by atoms with van der Waals surface area (Å²) in [5, 5.41) is 3.28. The third-order valence-electron chi connectivity index (χ3n) is 3.79. The molecule has 19 heavy (non-hydrogen) atoms. The van der Waals surface area contributed by atoms with E-state index in [-0.39, 0.29) is 0 Å². The second-order valence-electron chi connectivity index (χ2n) is 5.38. The number of piperidine rings is 1. The molecule has 1 aromatic heterocycles. The Morgan fingerprint density at radius 1 is 1.42 bits per heavy atom. The second-order valence-corrected chi connectivity index (χ2v) is 5.38. The molecule has 1 saturated heterocycles. The zero-order chi connectivity index (χ0) is 13.1. The largest absolute Gasteiger partial charge is 0.439 e. The maximum Gasteiger partial charge on any atom is 0.209 e. The number of rotatable bonds is 4. The Morgan fingerprint density at radius 2 is 2.32 bits per heavy atom. The average molecular weight is 259 g/mol. The minimum Gasteiger partial charge on any atom is -0.439 e. The Labute approximate surface area is 113 Å². The Morgan fingerprint density at radius 3 is 3.16 bits per heavy atom. The quantitative estimate of drug-likeness (QED) is 0.914. The topological polar surface area (TPSA) is 41.3 Å². The van der Waals surface area contributed by atoms with Gasteiger partial charge < -0.3 is 9.73 Å². The van der Waals surface area contributed by atoms with Gasteiger partial charge in [0, 0.05) is 6.54 Å². The highest BCUT2D eigenvalue weighted by atomic mass is 16.3. The van der Waals surface area contributed by atoms with E-state index in [1.54, 1.807) is 0 Å². The van der Waals surface area contributed by atoms with Gasteiger partial charge in [-0.05, 0) is 51.0 Å². The fraction of sp³-hybridized carbons (Fsp3) is 0.533. The summed E-state index contributed by atoms with van der Waals surface area (Å²) in [6.45, 7) is 4.22. The van der Waals surface area contributed by atoms with Gasteiger partial charge in [-0.1, -0.05) is 12.1 Å². The van der Waals surface area contributed by atoms with Gasteiger partial charge in [-0.25, -0.2) is 4.98 Å². The van der Waals surface area contributed by atoms with Crippen LogP contribution in [0.2, 0.25) is 0 Å². The highest BCUT2D eigenvalue weighted by Crippen LogP contribution is 2.20. The number of hydrogen-bond donors (Lipinski definition) is 1. The van der Waals surface area contributed by atoms with Crippen molar-refractivity contribution in [3.05, 3.63) is 30.2 Å². The summed E-state index contributed by atoms with van der Waals surface area (Å²) in [6.07, 6.45) is 2.59. The average Bonchev–Trinajstić information content (AvgIpc) is 2.81. The van der Waals surface area contributed by atoms with Crippen molar-refractivity contribution in [1.29, 1.82) is 0 Å². The lowest BCUT2D eigenvalue weighted by Crippen LogP contribution is -2.38. The van der Waals surface area contributed by atoms with E-state index >= 15 is 0 Å². The van der Waals surface area contributed by atoms with Crippen LogP contribution in [0.5, 0.6) is 0 Å². The number of benzene rings is 1. The molecule has 0 amide bonds. The smallest absolute Gasteiger partial charge is 0.209 e. The molecule has 2 heterocycles. The minimum atomic E-state index is 0.753. The van der Waals surface area contributed by atoms with E-state index in [0.29, 0.717) is 0 Å². The van der Waals surface area contributed by atoms with E-state index in [1.807, 2.05) is 31.3 Å². The van der Waals surface area contributed by atoms with Crippen LogP contribution in [0.25, 0.3) is 11.1 Å². The SMILES string of the molecule is CNCC1CCCN(Cc2nc3ccccc3o2)C1. The lowest BCUT2D eigenvalue weighted by atomic mass is 9.98. The Hall–Kier alpha value is -1.39. The van der Waals surface area contributed by atoms with Crippen LogP contribution < -0.4 is 5.32 Å². The molecular formula is C15H21N3O. The van der Waals surface area contributed by atoms with E-state index < -0.39 is 0 Å². The third-order valence-corrected chi connectivity index (χ3v) is 3.79. The maximum absolute atomic E-state index is 5.80. The van der Waals surface area contributed by atoms with Gasteiger partial charge in [0.2, 0.25) is 5.89 Å². The number of aromatic nitrogens is 1. The number of likely N-dealkylation sites (tertiary alicyclic amines) is 1. The molecule has 4 heteroatoms. The molecule has 4 nitrogen and oxygen atoms in total. The number of nitrogens with one attached hydrogen (secondary N) is 1. The molecule has 3 rings (SSSR count). The van der Waals surface area contributed by atoms with Crippen molar-refractivity contribution in [3.63, 3.8) is 0 Å². The van der Waals surface area contributed by atoms with Gasteiger partial charge >= 0.3 is 0 Å². The van der Waals surface area contributed by atoms with Gasteiger partial charge in [-0.15, -0.1) is 0 Å². The van der Waals surface area contributed by atoms with Crippen LogP contribution in [0.4, 0.5) is 0 Å². The lowest BCUT2D eigenvalue weighted by molar-refractivity contribution is 0.155. The van der Waals surface area contributed by atoms with Crippen molar-refractivity contribution in [2.75, 3.05) is 26.7 Å². The Bertz CT molecular complexity index is 502. The van der Waals surface area contributed by atoms with Gasteiger partial charge in [0.25, 0.3) is 0 Å². The number of fused-ring (bicyclic) bond motifs is 1. The summed E-state index contributed by atoms with van der Waals surface area (Å²) in [6, 6.07) is 7.97. The van der Waals surface area contributed by atoms with Gasteiger partial charge in [-0.3, -0.25) is 4.90 Å². The zero-order valence-electron chi connectivity index (χ0n) is 11.4. The monoisotopic (exact) mass is 259 g/mol. The first-order valence-corrected chi connectivity index (χ1v) is 7.06. The van der Waals surface area contributed by atoms with Crippen LogP contribution >= 0.6 is 0 Å². The fourth-order valence-corrected chi connectivity index (χ4v) is 2.93. The van der Waals surface area contributed by atoms with E-state index in [4.69, 9.17) is 4.42 Å². The predicted octanol–water partition coefficient (Wildman–Crippen LogP) is 2.26. The Balaban J connectivity index is 1.67. The van der Waals surface area contributed by atoms with Crippen LogP contribution in [-0.4, -0.2) is 36.6 Å². The van der Waals surface area contributed by atoms with Crippen molar-refractivity contribution in [1.82, 2.24) is 15.2 Å². The fourth-order valence-electron chi connectivity index (χ4n) is 2.93. The molecular weight excluding hydrogens is 238 g/mol. The van der Waals surface area contributed by atoms with E-state index in [9.17, 15) is 0 Å². The van der Waals surface area contributed by atoms with E-state index in [1.165, 1.54) is 12.8 Å². The maximum atomic E-state index is 5.80. The summed E-state index contributed by atoms with van der Waals surface area (Å²) in [7, 11) is 2.03. The van der Waals surface area contributed by atoms with Crippen LogP contribution in [-0.2, 0) is 6.54 Å². The summed E-state index contributed by atoms with van der Waals surface area (Å²) in [5.41, 5.74) is 1.85. The highest BCUT2D eigenvalue weighted by molar-refractivity contribution is 5.72. The van der Waals surface area contributed by atoms with Gasteiger partial charge in [0.1, 0.15) is 5.52 Å².